The van der Waals surface area contributed by atoms with Crippen molar-refractivity contribution in [3.8, 4) is 11.5 Å². The van der Waals surface area contributed by atoms with E-state index in [4.69, 9.17) is 9.47 Å². The predicted octanol–water partition coefficient (Wildman–Crippen LogP) is 1.80. The molecule has 2 rings (SSSR count). The molecular weight excluding hydrogens is 376 g/mol. The number of rotatable bonds is 9. The highest BCUT2D eigenvalue weighted by molar-refractivity contribution is 7.91. The van der Waals surface area contributed by atoms with Gasteiger partial charge >= 0.3 is 0 Å². The number of methoxy groups -OCH3 is 1. The molecule has 1 aliphatic rings. The van der Waals surface area contributed by atoms with Crippen LogP contribution in [0.15, 0.2) is 18.2 Å². The maximum Gasteiger partial charge on any atom is 0.273 e. The first-order chi connectivity index (χ1) is 12.8. The zero-order chi connectivity index (χ0) is 20.0. The average Bonchev–Trinajstić information content (AvgIpc) is 2.99. The number of hydrogen-bond acceptors (Lipinski definition) is 7. The Balaban J connectivity index is 2.11. The van der Waals surface area contributed by atoms with E-state index >= 15 is 0 Å². The van der Waals surface area contributed by atoms with E-state index < -0.39 is 14.8 Å². The summed E-state index contributed by atoms with van der Waals surface area (Å²) < 4.78 is 34.1. The molecular formula is C17H24N2O7S. The summed E-state index contributed by atoms with van der Waals surface area (Å²) >= 11 is 0. The summed E-state index contributed by atoms with van der Waals surface area (Å²) in [5.41, 5.74) is -0.178. The quantitative estimate of drug-likeness (QED) is 0.458. The van der Waals surface area contributed by atoms with E-state index in [1.54, 1.807) is 4.90 Å². The van der Waals surface area contributed by atoms with Crippen LogP contribution in [0.2, 0.25) is 0 Å². The number of carbonyl (C=O) groups is 1. The highest BCUT2D eigenvalue weighted by atomic mass is 32.2. The normalized spacial score (nSPS) is 18.1. The molecule has 0 radical (unpaired) electrons. The van der Waals surface area contributed by atoms with Crippen molar-refractivity contribution < 1.29 is 27.6 Å². The number of nitrogens with zero attached hydrogens (tertiary/aromatic N) is 2. The third-order valence-electron chi connectivity index (χ3n) is 4.43. The van der Waals surface area contributed by atoms with Crippen LogP contribution < -0.4 is 9.47 Å². The molecule has 1 aromatic rings. The van der Waals surface area contributed by atoms with Gasteiger partial charge in [0.15, 0.2) is 27.9 Å². The molecule has 0 unspecified atom stereocenters. The molecule has 0 aliphatic carbocycles. The van der Waals surface area contributed by atoms with Gasteiger partial charge in [0, 0.05) is 18.7 Å². The lowest BCUT2D eigenvalue weighted by Gasteiger charge is -2.28. The van der Waals surface area contributed by atoms with Crippen LogP contribution in [-0.2, 0) is 14.6 Å². The number of ether oxygens (including phenoxy) is 2. The topological polar surface area (TPSA) is 116 Å². The summed E-state index contributed by atoms with van der Waals surface area (Å²) in [5, 5.41) is 10.9. The molecule has 9 nitrogen and oxygen atoms in total. The van der Waals surface area contributed by atoms with Crippen LogP contribution >= 0.6 is 0 Å². The Morgan fingerprint density at radius 3 is 2.67 bits per heavy atom. The summed E-state index contributed by atoms with van der Waals surface area (Å²) in [7, 11) is -1.73. The molecule has 0 spiro atoms. The first-order valence-electron chi connectivity index (χ1n) is 8.72. The van der Waals surface area contributed by atoms with Gasteiger partial charge in [0.05, 0.1) is 29.6 Å². The lowest BCUT2D eigenvalue weighted by atomic mass is 10.2. The summed E-state index contributed by atoms with van der Waals surface area (Å²) in [4.78, 5) is 24.6. The van der Waals surface area contributed by atoms with E-state index in [-0.39, 0.29) is 47.2 Å². The smallest absolute Gasteiger partial charge is 0.273 e. The summed E-state index contributed by atoms with van der Waals surface area (Å²) in [5.74, 6) is 0.0565. The maximum atomic E-state index is 12.7. The largest absolute Gasteiger partial charge is 0.493 e. The Kier molecular flexibility index (Phi) is 7.00. The molecule has 0 saturated carbocycles. The number of sulfone groups is 1. The van der Waals surface area contributed by atoms with Crippen molar-refractivity contribution in [3.63, 3.8) is 0 Å². The third kappa shape index (κ3) is 5.56. The molecule has 0 bridgehead atoms. The minimum Gasteiger partial charge on any atom is -0.493 e. The molecule has 150 valence electrons. The molecule has 1 heterocycles. The summed E-state index contributed by atoms with van der Waals surface area (Å²) in [6.45, 7) is 2.08. The van der Waals surface area contributed by atoms with Crippen molar-refractivity contribution in [2.24, 2.45) is 0 Å². The molecule has 27 heavy (non-hydrogen) atoms. The van der Waals surface area contributed by atoms with E-state index in [0.29, 0.717) is 13.0 Å². The van der Waals surface area contributed by atoms with Gasteiger partial charge in [0.2, 0.25) is 0 Å². The van der Waals surface area contributed by atoms with Crippen molar-refractivity contribution in [1.29, 1.82) is 0 Å². The molecule has 0 N–H and O–H groups in total. The number of benzene rings is 1. The molecule has 0 aromatic heterocycles. The van der Waals surface area contributed by atoms with Crippen LogP contribution in [-0.4, -0.2) is 62.0 Å². The number of nitro groups is 1. The van der Waals surface area contributed by atoms with Crippen LogP contribution in [0.25, 0.3) is 0 Å². The average molecular weight is 400 g/mol. The standard InChI is InChI=1S/C17H24N2O7S/c1-3-4-8-18(14-7-9-27(23,24)12-14)17(20)11-26-16-10-13(19(21)22)5-6-15(16)25-2/h5-6,10,14H,3-4,7-9,11-12H2,1-2H3/t14-/m1/s1. The van der Waals surface area contributed by atoms with Gasteiger partial charge in [-0.3, -0.25) is 14.9 Å². The second kappa shape index (κ2) is 9.03. The number of unbranched alkanes of at least 4 members (excludes halogenated alkanes) is 1. The first-order valence-corrected chi connectivity index (χ1v) is 10.5. The molecule has 1 amide bonds. The molecule has 1 saturated heterocycles. The Hall–Kier alpha value is -2.36. The molecule has 10 heteroatoms. The fourth-order valence-electron chi connectivity index (χ4n) is 2.97. The van der Waals surface area contributed by atoms with Crippen LogP contribution in [0, 0.1) is 10.1 Å². The van der Waals surface area contributed by atoms with Gasteiger partial charge in [-0.1, -0.05) is 13.3 Å². The molecule has 1 atom stereocenters. The number of non-ortho nitro benzene ring substituents is 1. The number of hydrogen-bond donors (Lipinski definition) is 0. The zero-order valence-corrected chi connectivity index (χ0v) is 16.2. The van der Waals surface area contributed by atoms with Gasteiger partial charge in [0.1, 0.15) is 0 Å². The minimum absolute atomic E-state index is 0.0391. The highest BCUT2D eigenvalue weighted by Gasteiger charge is 2.34. The van der Waals surface area contributed by atoms with Gasteiger partial charge in [0.25, 0.3) is 11.6 Å². The van der Waals surface area contributed by atoms with Gasteiger partial charge in [-0.15, -0.1) is 0 Å². The fraction of sp³-hybridized carbons (Fsp3) is 0.588. The Labute approximate surface area is 158 Å². The second-order valence-corrected chi connectivity index (χ2v) is 8.61. The summed E-state index contributed by atoms with van der Waals surface area (Å²) in [6.07, 6.45) is 2.03. The minimum atomic E-state index is -3.12. The predicted molar refractivity (Wildman–Crippen MR) is 98.8 cm³/mol. The number of carbonyl (C=O) groups excluding carboxylic acids is 1. The van der Waals surface area contributed by atoms with Crippen molar-refractivity contribution >= 4 is 21.4 Å². The SMILES string of the molecule is CCCCN(C(=O)COc1cc([N+](=O)[O-])ccc1OC)[C@@H]1CCS(=O)(=O)C1. The number of amides is 1. The van der Waals surface area contributed by atoms with Crippen molar-refractivity contribution in [2.45, 2.75) is 32.2 Å². The Morgan fingerprint density at radius 1 is 1.37 bits per heavy atom. The van der Waals surface area contributed by atoms with Crippen molar-refractivity contribution in [3.05, 3.63) is 28.3 Å². The fourth-order valence-corrected chi connectivity index (χ4v) is 4.71. The zero-order valence-electron chi connectivity index (χ0n) is 15.4. The van der Waals surface area contributed by atoms with Gasteiger partial charge in [-0.25, -0.2) is 8.42 Å². The van der Waals surface area contributed by atoms with Crippen LogP contribution in [0.4, 0.5) is 5.69 Å². The number of nitro benzene ring substituents is 1. The van der Waals surface area contributed by atoms with Gasteiger partial charge < -0.3 is 14.4 Å². The van der Waals surface area contributed by atoms with Crippen molar-refractivity contribution in [2.75, 3.05) is 31.8 Å². The van der Waals surface area contributed by atoms with E-state index in [0.717, 1.165) is 12.8 Å². The monoisotopic (exact) mass is 400 g/mol. The highest BCUT2D eigenvalue weighted by Crippen LogP contribution is 2.31. The van der Waals surface area contributed by atoms with E-state index in [1.165, 1.54) is 25.3 Å². The molecule has 1 fully saturated rings. The van der Waals surface area contributed by atoms with Crippen LogP contribution in [0.3, 0.4) is 0 Å². The van der Waals surface area contributed by atoms with Gasteiger partial charge in [-0.05, 0) is 18.9 Å². The Bertz CT molecular complexity index is 794. The maximum absolute atomic E-state index is 12.7. The summed E-state index contributed by atoms with van der Waals surface area (Å²) in [6, 6.07) is 3.52. The first kappa shape index (κ1) is 20.9. The lowest BCUT2D eigenvalue weighted by Crippen LogP contribution is -2.44. The molecule has 1 aliphatic heterocycles. The van der Waals surface area contributed by atoms with E-state index in [2.05, 4.69) is 0 Å². The third-order valence-corrected chi connectivity index (χ3v) is 6.18. The second-order valence-electron chi connectivity index (χ2n) is 6.38. The Morgan fingerprint density at radius 2 is 2.11 bits per heavy atom. The van der Waals surface area contributed by atoms with Crippen LogP contribution in [0.5, 0.6) is 11.5 Å². The van der Waals surface area contributed by atoms with E-state index in [9.17, 15) is 23.3 Å². The van der Waals surface area contributed by atoms with Gasteiger partial charge in [-0.2, -0.15) is 0 Å². The van der Waals surface area contributed by atoms with E-state index in [1.807, 2.05) is 6.92 Å². The van der Waals surface area contributed by atoms with Crippen LogP contribution in [0.1, 0.15) is 26.2 Å². The lowest BCUT2D eigenvalue weighted by molar-refractivity contribution is -0.385. The van der Waals surface area contributed by atoms with Crippen molar-refractivity contribution in [1.82, 2.24) is 4.90 Å². The molecule has 1 aromatic carbocycles.